The Balaban J connectivity index is 1.48. The van der Waals surface area contributed by atoms with E-state index in [9.17, 15) is 9.18 Å². The number of amides is 1. The van der Waals surface area contributed by atoms with Gasteiger partial charge in [-0.3, -0.25) is 9.78 Å². The van der Waals surface area contributed by atoms with E-state index in [-0.39, 0.29) is 11.9 Å². The Hall–Kier alpha value is -3.91. The van der Waals surface area contributed by atoms with Gasteiger partial charge in [0.2, 0.25) is 0 Å². The van der Waals surface area contributed by atoms with Gasteiger partial charge in [-0.25, -0.2) is 13.9 Å². The van der Waals surface area contributed by atoms with Gasteiger partial charge in [0, 0.05) is 40.6 Å². The molecule has 1 atom stereocenters. The highest BCUT2D eigenvalue weighted by molar-refractivity contribution is 9.10. The van der Waals surface area contributed by atoms with Crippen LogP contribution in [0.3, 0.4) is 0 Å². The minimum atomic E-state index is -0.393. The van der Waals surface area contributed by atoms with Gasteiger partial charge in [0.05, 0.1) is 17.4 Å². The van der Waals surface area contributed by atoms with Crippen LogP contribution in [0, 0.1) is 5.82 Å². The molecule has 6 rings (SSSR count). The molecule has 3 aromatic heterocycles. The number of fused-ring (bicyclic) bond motifs is 2. The van der Waals surface area contributed by atoms with Crippen molar-refractivity contribution in [2.75, 3.05) is 6.54 Å². The summed E-state index contributed by atoms with van der Waals surface area (Å²) in [7, 11) is 0. The Labute approximate surface area is 215 Å². The standard InChI is InChI=1S/C28H21BrFN5O/c1-17-21-5-3-2-4-18(21)10-13-34(17)28(36)25-15-26(19-8-11-31-12-9-19)35-27(32-25)16-24(33-35)22-7-6-20(29)14-23(22)30/h2-9,11-12,14-17H,10,13H2,1H3/t17-/m1/s1. The zero-order valence-corrected chi connectivity index (χ0v) is 21.0. The minimum Gasteiger partial charge on any atom is -0.330 e. The van der Waals surface area contributed by atoms with Gasteiger partial charge < -0.3 is 4.90 Å². The van der Waals surface area contributed by atoms with Gasteiger partial charge in [-0.1, -0.05) is 40.2 Å². The van der Waals surface area contributed by atoms with E-state index in [4.69, 9.17) is 0 Å². The fraction of sp³-hybridized carbons (Fsp3) is 0.143. The Bertz CT molecular complexity index is 1620. The Morgan fingerprint density at radius 3 is 2.67 bits per heavy atom. The number of pyridine rings is 1. The number of carbonyl (C=O) groups excluding carboxylic acids is 1. The number of aromatic nitrogens is 4. The molecular weight excluding hydrogens is 521 g/mol. The molecule has 0 unspecified atom stereocenters. The van der Waals surface area contributed by atoms with Gasteiger partial charge in [-0.05, 0) is 60.9 Å². The third-order valence-corrected chi connectivity index (χ3v) is 7.18. The van der Waals surface area contributed by atoms with Crippen molar-refractivity contribution in [1.29, 1.82) is 0 Å². The number of halogens is 2. The molecule has 0 fully saturated rings. The van der Waals surface area contributed by atoms with Gasteiger partial charge in [-0.2, -0.15) is 5.10 Å². The molecule has 1 aliphatic rings. The van der Waals surface area contributed by atoms with Crippen molar-refractivity contribution < 1.29 is 9.18 Å². The van der Waals surface area contributed by atoms with Crippen LogP contribution in [0.5, 0.6) is 0 Å². The summed E-state index contributed by atoms with van der Waals surface area (Å²) in [6.07, 6.45) is 4.17. The van der Waals surface area contributed by atoms with E-state index in [0.717, 1.165) is 17.5 Å². The Morgan fingerprint density at radius 1 is 1.06 bits per heavy atom. The monoisotopic (exact) mass is 541 g/mol. The van der Waals surface area contributed by atoms with E-state index in [1.165, 1.54) is 11.6 Å². The molecule has 178 valence electrons. The van der Waals surface area contributed by atoms with Gasteiger partial charge in [0.25, 0.3) is 5.91 Å². The lowest BCUT2D eigenvalue weighted by Crippen LogP contribution is -2.39. The second-order valence-corrected chi connectivity index (χ2v) is 9.73. The third-order valence-electron chi connectivity index (χ3n) is 6.69. The van der Waals surface area contributed by atoms with Crippen molar-refractivity contribution >= 4 is 27.5 Å². The first-order valence-corrected chi connectivity index (χ1v) is 12.4. The summed E-state index contributed by atoms with van der Waals surface area (Å²) in [6.45, 7) is 2.66. The SMILES string of the molecule is C[C@@H]1c2ccccc2CCN1C(=O)c1cc(-c2ccncc2)n2nc(-c3ccc(Br)cc3F)cc2n1. The molecule has 8 heteroatoms. The van der Waals surface area contributed by atoms with Crippen molar-refractivity contribution in [3.05, 3.63) is 106 Å². The second kappa shape index (κ2) is 8.95. The number of hydrogen-bond donors (Lipinski definition) is 0. The van der Waals surface area contributed by atoms with E-state index < -0.39 is 5.82 Å². The van der Waals surface area contributed by atoms with Crippen LogP contribution in [-0.4, -0.2) is 36.9 Å². The maximum Gasteiger partial charge on any atom is 0.273 e. The largest absolute Gasteiger partial charge is 0.330 e. The smallest absolute Gasteiger partial charge is 0.273 e. The fourth-order valence-corrected chi connectivity index (χ4v) is 5.17. The zero-order valence-electron chi connectivity index (χ0n) is 19.4. The first-order valence-electron chi connectivity index (χ1n) is 11.6. The van der Waals surface area contributed by atoms with Crippen LogP contribution >= 0.6 is 15.9 Å². The second-order valence-electron chi connectivity index (χ2n) is 8.81. The molecule has 36 heavy (non-hydrogen) atoms. The molecule has 0 aliphatic carbocycles. The van der Waals surface area contributed by atoms with Crippen LogP contribution in [0.15, 0.2) is 83.6 Å². The summed E-state index contributed by atoms with van der Waals surface area (Å²) in [5.74, 6) is -0.539. The lowest BCUT2D eigenvalue weighted by atomic mass is 9.93. The third kappa shape index (κ3) is 3.87. The Kier molecular flexibility index (Phi) is 5.60. The molecule has 0 radical (unpaired) electrons. The number of rotatable bonds is 3. The summed E-state index contributed by atoms with van der Waals surface area (Å²) in [6, 6.07) is 20.2. The average Bonchev–Trinajstić information content (AvgIpc) is 3.32. The van der Waals surface area contributed by atoms with Gasteiger partial charge >= 0.3 is 0 Å². The summed E-state index contributed by atoms with van der Waals surface area (Å²) < 4.78 is 17.0. The van der Waals surface area contributed by atoms with Crippen molar-refractivity contribution in [3.8, 4) is 22.5 Å². The first-order chi connectivity index (χ1) is 17.5. The molecule has 6 nitrogen and oxygen atoms in total. The molecule has 1 amide bonds. The number of nitrogens with zero attached hydrogens (tertiary/aromatic N) is 5. The van der Waals surface area contributed by atoms with Crippen molar-refractivity contribution in [2.24, 2.45) is 0 Å². The topological polar surface area (TPSA) is 63.4 Å². The van der Waals surface area contributed by atoms with Crippen molar-refractivity contribution in [3.63, 3.8) is 0 Å². The predicted octanol–water partition coefficient (Wildman–Crippen LogP) is 6.12. The molecule has 0 spiro atoms. The van der Waals surface area contributed by atoms with E-state index in [0.29, 0.717) is 39.3 Å². The van der Waals surface area contributed by atoms with Crippen LogP contribution in [0.2, 0.25) is 0 Å². The van der Waals surface area contributed by atoms with Crippen LogP contribution in [0.25, 0.3) is 28.2 Å². The lowest BCUT2D eigenvalue weighted by Gasteiger charge is -2.35. The molecule has 0 N–H and O–H groups in total. The number of carbonyl (C=O) groups is 1. The van der Waals surface area contributed by atoms with Crippen LogP contribution in [0.4, 0.5) is 4.39 Å². The van der Waals surface area contributed by atoms with Crippen LogP contribution in [-0.2, 0) is 6.42 Å². The molecule has 1 aliphatic heterocycles. The van der Waals surface area contributed by atoms with Gasteiger partial charge in [0.1, 0.15) is 11.5 Å². The van der Waals surface area contributed by atoms with Gasteiger partial charge in [-0.15, -0.1) is 0 Å². The molecule has 0 saturated carbocycles. The molecular formula is C28H21BrFN5O. The molecule has 0 bridgehead atoms. The summed E-state index contributed by atoms with van der Waals surface area (Å²) in [5.41, 5.74) is 5.52. The predicted molar refractivity (Wildman–Crippen MR) is 139 cm³/mol. The Morgan fingerprint density at radius 2 is 1.86 bits per heavy atom. The highest BCUT2D eigenvalue weighted by atomic mass is 79.9. The van der Waals surface area contributed by atoms with E-state index in [2.05, 4.69) is 43.1 Å². The molecule has 4 heterocycles. The molecule has 0 saturated heterocycles. The van der Waals surface area contributed by atoms with E-state index in [1.807, 2.05) is 36.1 Å². The maximum atomic E-state index is 14.7. The van der Waals surface area contributed by atoms with Crippen LogP contribution in [0.1, 0.15) is 34.6 Å². The number of hydrogen-bond acceptors (Lipinski definition) is 4. The number of benzene rings is 2. The summed E-state index contributed by atoms with van der Waals surface area (Å²) in [5, 5.41) is 4.66. The quantitative estimate of drug-likeness (QED) is 0.276. The van der Waals surface area contributed by atoms with Crippen molar-refractivity contribution in [2.45, 2.75) is 19.4 Å². The normalized spacial score (nSPS) is 15.2. The van der Waals surface area contributed by atoms with E-state index >= 15 is 0 Å². The first kappa shape index (κ1) is 22.5. The lowest BCUT2D eigenvalue weighted by molar-refractivity contribution is 0.0672. The molecule has 5 aromatic rings. The van der Waals surface area contributed by atoms with Crippen molar-refractivity contribution in [1.82, 2.24) is 24.5 Å². The zero-order chi connectivity index (χ0) is 24.8. The van der Waals surface area contributed by atoms with E-state index in [1.54, 1.807) is 41.2 Å². The highest BCUT2D eigenvalue weighted by Gasteiger charge is 2.29. The maximum absolute atomic E-state index is 14.7. The minimum absolute atomic E-state index is 0.0674. The summed E-state index contributed by atoms with van der Waals surface area (Å²) >= 11 is 3.30. The fourth-order valence-electron chi connectivity index (χ4n) is 4.84. The van der Waals surface area contributed by atoms with Crippen LogP contribution < -0.4 is 0 Å². The van der Waals surface area contributed by atoms with Gasteiger partial charge in [0.15, 0.2) is 5.65 Å². The molecule has 2 aromatic carbocycles. The average molecular weight is 542 g/mol. The summed E-state index contributed by atoms with van der Waals surface area (Å²) in [4.78, 5) is 24.4. The highest BCUT2D eigenvalue weighted by Crippen LogP contribution is 2.32.